The van der Waals surface area contributed by atoms with Crippen LogP contribution in [0.2, 0.25) is 0 Å². The lowest BCUT2D eigenvalue weighted by Gasteiger charge is -2.35. The van der Waals surface area contributed by atoms with Crippen LogP contribution in [0.5, 0.6) is 0 Å². The molecular weight excluding hydrogens is 176 g/mol. The zero-order valence-electron chi connectivity index (χ0n) is 8.95. The van der Waals surface area contributed by atoms with E-state index in [0.29, 0.717) is 6.54 Å². The van der Waals surface area contributed by atoms with Crippen molar-refractivity contribution in [2.75, 3.05) is 20.1 Å². The fraction of sp³-hybridized carbons (Fsp3) is 0.909. The van der Waals surface area contributed by atoms with E-state index in [4.69, 9.17) is 0 Å². The van der Waals surface area contributed by atoms with Crippen molar-refractivity contribution in [3.05, 3.63) is 6.42 Å². The van der Waals surface area contributed by atoms with E-state index < -0.39 is 0 Å². The second-order valence-corrected chi connectivity index (χ2v) is 4.55. The minimum absolute atomic E-state index is 0.207. The van der Waals surface area contributed by atoms with Crippen LogP contribution < -0.4 is 5.32 Å². The molecule has 0 amide bonds. The van der Waals surface area contributed by atoms with Crippen LogP contribution in [0.4, 0.5) is 0 Å². The Morgan fingerprint density at radius 1 is 1.43 bits per heavy atom. The SMILES string of the molecule is CNC[C@@H](O)CN1[C@@H]2C[CH]C[C@H]1CC2. The molecule has 1 radical (unpaired) electrons. The fourth-order valence-corrected chi connectivity index (χ4v) is 2.84. The average Bonchev–Trinajstić information content (AvgIpc) is 2.41. The molecule has 14 heavy (non-hydrogen) atoms. The molecule has 0 aromatic carbocycles. The van der Waals surface area contributed by atoms with E-state index in [1.54, 1.807) is 0 Å². The molecule has 3 nitrogen and oxygen atoms in total. The van der Waals surface area contributed by atoms with Crippen LogP contribution in [0.15, 0.2) is 0 Å². The van der Waals surface area contributed by atoms with Crippen molar-refractivity contribution >= 4 is 0 Å². The third-order valence-electron chi connectivity index (χ3n) is 3.51. The van der Waals surface area contributed by atoms with Gasteiger partial charge in [0.05, 0.1) is 6.10 Å². The molecule has 2 bridgehead atoms. The lowest BCUT2D eigenvalue weighted by molar-refractivity contribution is 0.0731. The quantitative estimate of drug-likeness (QED) is 0.685. The van der Waals surface area contributed by atoms with Gasteiger partial charge in [0.2, 0.25) is 0 Å². The van der Waals surface area contributed by atoms with Gasteiger partial charge in [-0.15, -0.1) is 0 Å². The van der Waals surface area contributed by atoms with Gasteiger partial charge in [-0.1, -0.05) is 0 Å². The van der Waals surface area contributed by atoms with Crippen molar-refractivity contribution in [1.29, 1.82) is 0 Å². The highest BCUT2D eigenvalue weighted by molar-refractivity contribution is 4.98. The number of aliphatic hydroxyl groups excluding tert-OH is 1. The number of aliphatic hydroxyl groups is 1. The van der Waals surface area contributed by atoms with Crippen molar-refractivity contribution in [1.82, 2.24) is 10.2 Å². The largest absolute Gasteiger partial charge is 0.390 e. The maximum Gasteiger partial charge on any atom is 0.0791 e. The number of piperidine rings is 1. The van der Waals surface area contributed by atoms with E-state index in [1.807, 2.05) is 7.05 Å². The van der Waals surface area contributed by atoms with Gasteiger partial charge in [0.25, 0.3) is 0 Å². The molecule has 2 aliphatic rings. The molecule has 2 heterocycles. The van der Waals surface area contributed by atoms with Gasteiger partial charge in [-0.2, -0.15) is 0 Å². The Kier molecular flexibility index (Phi) is 3.42. The molecule has 0 spiro atoms. The molecule has 3 atom stereocenters. The maximum atomic E-state index is 9.75. The number of hydrogen-bond acceptors (Lipinski definition) is 3. The molecule has 2 rings (SSSR count). The Bertz CT molecular complexity index is 170. The van der Waals surface area contributed by atoms with Gasteiger partial charge in [0.15, 0.2) is 0 Å². The number of fused-ring (bicyclic) bond motifs is 2. The number of hydrogen-bond donors (Lipinski definition) is 2. The zero-order valence-corrected chi connectivity index (χ0v) is 8.95. The van der Waals surface area contributed by atoms with E-state index in [-0.39, 0.29) is 6.10 Å². The van der Waals surface area contributed by atoms with Crippen molar-refractivity contribution in [2.45, 2.75) is 43.9 Å². The van der Waals surface area contributed by atoms with E-state index in [0.717, 1.165) is 18.6 Å². The van der Waals surface area contributed by atoms with Crippen molar-refractivity contribution in [2.24, 2.45) is 0 Å². The molecule has 0 aliphatic carbocycles. The van der Waals surface area contributed by atoms with Gasteiger partial charge in [-0.25, -0.2) is 0 Å². The van der Waals surface area contributed by atoms with E-state index in [1.165, 1.54) is 25.7 Å². The predicted octanol–water partition coefficient (Wildman–Crippen LogP) is 0.398. The molecule has 2 N–H and O–H groups in total. The summed E-state index contributed by atoms with van der Waals surface area (Å²) >= 11 is 0. The summed E-state index contributed by atoms with van der Waals surface area (Å²) in [5.41, 5.74) is 0. The van der Waals surface area contributed by atoms with Crippen LogP contribution in [0.25, 0.3) is 0 Å². The highest BCUT2D eigenvalue weighted by atomic mass is 16.3. The number of nitrogens with one attached hydrogen (secondary N) is 1. The van der Waals surface area contributed by atoms with Crippen LogP contribution in [0.1, 0.15) is 25.7 Å². The Labute approximate surface area is 86.5 Å². The van der Waals surface area contributed by atoms with Crippen molar-refractivity contribution in [3.63, 3.8) is 0 Å². The normalized spacial score (nSPS) is 34.7. The highest BCUT2D eigenvalue weighted by Crippen LogP contribution is 2.34. The standard InChI is InChI=1S/C11H21N2O/c1-12-7-11(14)8-13-9-3-2-4-10(13)6-5-9/h2,9-12,14H,3-8H2,1H3/t9-,10+,11-/m1/s1. The predicted molar refractivity (Wildman–Crippen MR) is 57.0 cm³/mol. The average molecular weight is 197 g/mol. The summed E-state index contributed by atoms with van der Waals surface area (Å²) in [6, 6.07) is 1.44. The lowest BCUT2D eigenvalue weighted by Crippen LogP contribution is -2.46. The summed E-state index contributed by atoms with van der Waals surface area (Å²) in [5.74, 6) is 0. The Balaban J connectivity index is 1.85. The minimum atomic E-state index is -0.207. The van der Waals surface area contributed by atoms with E-state index in [2.05, 4.69) is 16.6 Å². The molecule has 3 heteroatoms. The number of nitrogens with zero attached hydrogens (tertiary/aromatic N) is 1. The molecule has 81 valence electrons. The molecular formula is C11H21N2O. The van der Waals surface area contributed by atoms with E-state index in [9.17, 15) is 5.11 Å². The van der Waals surface area contributed by atoms with Crippen LogP contribution >= 0.6 is 0 Å². The third-order valence-corrected chi connectivity index (χ3v) is 3.51. The first kappa shape index (κ1) is 10.4. The number of rotatable bonds is 4. The summed E-state index contributed by atoms with van der Waals surface area (Å²) in [6.45, 7) is 1.56. The van der Waals surface area contributed by atoms with Crippen molar-refractivity contribution in [3.8, 4) is 0 Å². The molecule has 0 aromatic heterocycles. The fourth-order valence-electron chi connectivity index (χ4n) is 2.84. The first-order chi connectivity index (χ1) is 6.81. The number of likely N-dealkylation sites (N-methyl/N-ethyl adjacent to an activating group) is 1. The molecule has 2 saturated heterocycles. The molecule has 2 aliphatic heterocycles. The lowest BCUT2D eigenvalue weighted by atomic mass is 10.0. The minimum Gasteiger partial charge on any atom is -0.390 e. The van der Waals surface area contributed by atoms with Gasteiger partial charge < -0.3 is 10.4 Å². The second kappa shape index (κ2) is 4.60. The van der Waals surface area contributed by atoms with Crippen LogP contribution in [0.3, 0.4) is 0 Å². The molecule has 0 unspecified atom stereocenters. The summed E-state index contributed by atoms with van der Waals surface area (Å²) in [7, 11) is 1.89. The molecule has 0 aromatic rings. The first-order valence-electron chi connectivity index (χ1n) is 5.71. The smallest absolute Gasteiger partial charge is 0.0791 e. The second-order valence-electron chi connectivity index (χ2n) is 4.55. The zero-order chi connectivity index (χ0) is 9.97. The van der Waals surface area contributed by atoms with Crippen molar-refractivity contribution < 1.29 is 5.11 Å². The van der Waals surface area contributed by atoms with Gasteiger partial charge in [-0.05, 0) is 39.2 Å². The van der Waals surface area contributed by atoms with Gasteiger partial charge in [-0.3, -0.25) is 4.90 Å². The first-order valence-corrected chi connectivity index (χ1v) is 5.71. The van der Waals surface area contributed by atoms with Gasteiger partial charge >= 0.3 is 0 Å². The summed E-state index contributed by atoms with van der Waals surface area (Å²) in [4.78, 5) is 2.52. The van der Waals surface area contributed by atoms with Gasteiger partial charge in [0.1, 0.15) is 0 Å². The van der Waals surface area contributed by atoms with E-state index >= 15 is 0 Å². The Morgan fingerprint density at radius 2 is 2.07 bits per heavy atom. The highest BCUT2D eigenvalue weighted by Gasteiger charge is 2.36. The van der Waals surface area contributed by atoms with Crippen LogP contribution in [-0.2, 0) is 0 Å². The molecule has 2 fully saturated rings. The summed E-state index contributed by atoms with van der Waals surface area (Å²) in [5, 5.41) is 12.8. The third kappa shape index (κ3) is 2.10. The molecule has 0 saturated carbocycles. The van der Waals surface area contributed by atoms with Crippen LogP contribution in [0, 0.1) is 6.42 Å². The summed E-state index contributed by atoms with van der Waals surface area (Å²) in [6.07, 6.45) is 7.32. The summed E-state index contributed by atoms with van der Waals surface area (Å²) < 4.78 is 0. The van der Waals surface area contributed by atoms with Gasteiger partial charge in [0, 0.05) is 25.2 Å². The van der Waals surface area contributed by atoms with Crippen LogP contribution in [-0.4, -0.2) is 48.3 Å². The monoisotopic (exact) mass is 197 g/mol. The topological polar surface area (TPSA) is 35.5 Å². The Hall–Kier alpha value is -0.120. The maximum absolute atomic E-state index is 9.75. The Morgan fingerprint density at radius 3 is 2.64 bits per heavy atom.